The molecule has 2 aliphatic rings. The minimum absolute atomic E-state index is 0.00110. The van der Waals surface area contributed by atoms with E-state index in [1.54, 1.807) is 24.3 Å². The zero-order valence-electron chi connectivity index (χ0n) is 14.1. The monoisotopic (exact) mass is 325 g/mol. The molecule has 126 valence electrons. The van der Waals surface area contributed by atoms with Gasteiger partial charge in [-0.3, -0.25) is 9.59 Å². The number of benzene rings is 1. The number of carbonyl (C=O) groups is 2. The summed E-state index contributed by atoms with van der Waals surface area (Å²) in [4.78, 5) is 28.4. The highest BCUT2D eigenvalue weighted by atomic mass is 16.2. The molecule has 3 rings (SSSR count). The topological polar surface area (TPSA) is 64.4 Å². The van der Waals surface area contributed by atoms with Gasteiger partial charge >= 0.3 is 0 Å². The largest absolute Gasteiger partial charge is 0.342 e. The Labute approximate surface area is 142 Å². The molecule has 5 nitrogen and oxygen atoms in total. The van der Waals surface area contributed by atoms with Crippen LogP contribution in [0.3, 0.4) is 0 Å². The summed E-state index contributed by atoms with van der Waals surface area (Å²) in [6.07, 6.45) is 3.46. The molecular weight excluding hydrogens is 302 g/mol. The molecule has 2 amide bonds. The van der Waals surface area contributed by atoms with Crippen LogP contribution in [0, 0.1) is 16.7 Å². The van der Waals surface area contributed by atoms with Crippen molar-refractivity contribution >= 4 is 11.8 Å². The van der Waals surface area contributed by atoms with Crippen molar-refractivity contribution in [2.45, 2.75) is 32.6 Å². The molecule has 0 atom stereocenters. The molecule has 1 aromatic carbocycles. The Hall–Kier alpha value is -2.35. The number of rotatable bonds is 2. The normalized spacial score (nSPS) is 20.1. The lowest BCUT2D eigenvalue weighted by atomic mass is 9.72. The molecule has 0 unspecified atom stereocenters. The van der Waals surface area contributed by atoms with E-state index in [2.05, 4.69) is 6.07 Å². The first-order valence-corrected chi connectivity index (χ1v) is 8.64. The van der Waals surface area contributed by atoms with Crippen molar-refractivity contribution in [3.63, 3.8) is 0 Å². The second-order valence-electron chi connectivity index (χ2n) is 6.89. The van der Waals surface area contributed by atoms with Gasteiger partial charge in [0.2, 0.25) is 5.91 Å². The summed E-state index contributed by atoms with van der Waals surface area (Å²) < 4.78 is 0. The van der Waals surface area contributed by atoms with Crippen LogP contribution in [0.4, 0.5) is 0 Å². The number of likely N-dealkylation sites (tertiary alicyclic amines) is 2. The van der Waals surface area contributed by atoms with Gasteiger partial charge in [0.25, 0.3) is 5.91 Å². The standard InChI is InChI=1S/C19H23N3O2/c1-2-21-14-19(7-6-17(21)23)8-10-22(11-9-19)18(24)16-5-3-4-15(12-16)13-20/h3-5,12H,2,6-11,14H2,1H3. The van der Waals surface area contributed by atoms with Crippen LogP contribution in [0.5, 0.6) is 0 Å². The number of hydrogen-bond acceptors (Lipinski definition) is 3. The number of piperidine rings is 2. The molecule has 2 aliphatic heterocycles. The number of hydrogen-bond donors (Lipinski definition) is 0. The Balaban J connectivity index is 1.65. The van der Waals surface area contributed by atoms with Gasteiger partial charge in [0, 0.05) is 38.2 Å². The smallest absolute Gasteiger partial charge is 0.253 e. The summed E-state index contributed by atoms with van der Waals surface area (Å²) in [5, 5.41) is 8.98. The van der Waals surface area contributed by atoms with Crippen molar-refractivity contribution in [2.24, 2.45) is 5.41 Å². The fourth-order valence-corrected chi connectivity index (χ4v) is 3.89. The van der Waals surface area contributed by atoms with Gasteiger partial charge in [-0.05, 0) is 49.8 Å². The van der Waals surface area contributed by atoms with E-state index in [9.17, 15) is 9.59 Å². The molecule has 0 N–H and O–H groups in total. The number of nitriles is 1. The van der Waals surface area contributed by atoms with E-state index in [1.807, 2.05) is 16.7 Å². The maximum atomic E-state index is 12.7. The van der Waals surface area contributed by atoms with E-state index in [0.29, 0.717) is 17.5 Å². The maximum absolute atomic E-state index is 12.7. The first-order valence-electron chi connectivity index (χ1n) is 8.64. The predicted molar refractivity (Wildman–Crippen MR) is 90.2 cm³/mol. The molecule has 0 saturated carbocycles. The lowest BCUT2D eigenvalue weighted by Crippen LogP contribution is -2.52. The molecule has 2 saturated heterocycles. The van der Waals surface area contributed by atoms with Crippen LogP contribution in [0.2, 0.25) is 0 Å². The Bertz CT molecular complexity index is 684. The molecule has 5 heteroatoms. The van der Waals surface area contributed by atoms with Gasteiger partial charge in [0.05, 0.1) is 11.6 Å². The molecule has 24 heavy (non-hydrogen) atoms. The SMILES string of the molecule is CCN1CC2(CCC1=O)CCN(C(=O)c1cccc(C#N)c1)CC2. The van der Waals surface area contributed by atoms with Crippen LogP contribution < -0.4 is 0 Å². The Morgan fingerprint density at radius 1 is 1.29 bits per heavy atom. The third kappa shape index (κ3) is 3.14. The fraction of sp³-hybridized carbons (Fsp3) is 0.526. The lowest BCUT2D eigenvalue weighted by Gasteiger charge is -2.47. The van der Waals surface area contributed by atoms with Crippen molar-refractivity contribution in [1.29, 1.82) is 5.26 Å². The van der Waals surface area contributed by atoms with Crippen molar-refractivity contribution in [3.8, 4) is 6.07 Å². The van der Waals surface area contributed by atoms with Gasteiger partial charge in [0.15, 0.2) is 0 Å². The summed E-state index contributed by atoms with van der Waals surface area (Å²) >= 11 is 0. The van der Waals surface area contributed by atoms with E-state index in [-0.39, 0.29) is 17.2 Å². The molecule has 2 fully saturated rings. The summed E-state index contributed by atoms with van der Waals surface area (Å²) in [7, 11) is 0. The van der Waals surface area contributed by atoms with Gasteiger partial charge in [-0.25, -0.2) is 0 Å². The van der Waals surface area contributed by atoms with E-state index in [4.69, 9.17) is 5.26 Å². The summed E-state index contributed by atoms with van der Waals surface area (Å²) in [6.45, 7) is 5.07. The van der Waals surface area contributed by atoms with E-state index < -0.39 is 0 Å². The molecule has 0 aromatic heterocycles. The first-order chi connectivity index (χ1) is 11.6. The Morgan fingerprint density at radius 3 is 2.71 bits per heavy atom. The Morgan fingerprint density at radius 2 is 2.04 bits per heavy atom. The highest BCUT2D eigenvalue weighted by Gasteiger charge is 2.41. The van der Waals surface area contributed by atoms with Crippen LogP contribution >= 0.6 is 0 Å². The minimum atomic E-state index is 0.00110. The summed E-state index contributed by atoms with van der Waals surface area (Å²) in [6, 6.07) is 8.97. The van der Waals surface area contributed by atoms with E-state index in [1.165, 1.54) is 0 Å². The molecule has 1 aromatic rings. The number of carbonyl (C=O) groups excluding carboxylic acids is 2. The summed E-state index contributed by atoms with van der Waals surface area (Å²) in [5.74, 6) is 0.260. The Kier molecular flexibility index (Phi) is 4.57. The van der Waals surface area contributed by atoms with Crippen molar-refractivity contribution in [3.05, 3.63) is 35.4 Å². The third-order valence-corrected chi connectivity index (χ3v) is 5.48. The van der Waals surface area contributed by atoms with Crippen LogP contribution in [-0.2, 0) is 4.79 Å². The van der Waals surface area contributed by atoms with Gasteiger partial charge in [-0.15, -0.1) is 0 Å². The zero-order valence-corrected chi connectivity index (χ0v) is 14.1. The highest BCUT2D eigenvalue weighted by Crippen LogP contribution is 2.40. The van der Waals surface area contributed by atoms with Crippen LogP contribution in [0.25, 0.3) is 0 Å². The van der Waals surface area contributed by atoms with Gasteiger partial charge in [-0.2, -0.15) is 5.26 Å². The van der Waals surface area contributed by atoms with Crippen LogP contribution in [0.1, 0.15) is 48.5 Å². The zero-order chi connectivity index (χ0) is 17.2. The third-order valence-electron chi connectivity index (χ3n) is 5.48. The second kappa shape index (κ2) is 6.64. The van der Waals surface area contributed by atoms with Crippen molar-refractivity contribution < 1.29 is 9.59 Å². The molecule has 0 aliphatic carbocycles. The minimum Gasteiger partial charge on any atom is -0.342 e. The predicted octanol–water partition coefficient (Wildman–Crippen LogP) is 2.42. The summed E-state index contributed by atoms with van der Waals surface area (Å²) in [5.41, 5.74) is 1.27. The van der Waals surface area contributed by atoms with Crippen molar-refractivity contribution in [2.75, 3.05) is 26.2 Å². The quantitative estimate of drug-likeness (QED) is 0.839. The van der Waals surface area contributed by atoms with Gasteiger partial charge < -0.3 is 9.80 Å². The maximum Gasteiger partial charge on any atom is 0.253 e. The molecule has 0 bridgehead atoms. The average Bonchev–Trinajstić information content (AvgIpc) is 2.64. The molecular formula is C19H23N3O2. The molecule has 0 radical (unpaired) electrons. The van der Waals surface area contributed by atoms with Gasteiger partial charge in [0.1, 0.15) is 0 Å². The first kappa shape index (κ1) is 16.5. The van der Waals surface area contributed by atoms with Gasteiger partial charge in [-0.1, -0.05) is 6.07 Å². The van der Waals surface area contributed by atoms with E-state index >= 15 is 0 Å². The fourth-order valence-electron chi connectivity index (χ4n) is 3.89. The average molecular weight is 325 g/mol. The highest BCUT2D eigenvalue weighted by molar-refractivity contribution is 5.94. The van der Waals surface area contributed by atoms with Crippen molar-refractivity contribution in [1.82, 2.24) is 9.80 Å². The lowest BCUT2D eigenvalue weighted by molar-refractivity contribution is -0.138. The molecule has 1 spiro atoms. The number of nitrogens with zero attached hydrogens (tertiary/aromatic N) is 3. The molecule has 2 heterocycles. The number of amides is 2. The second-order valence-corrected chi connectivity index (χ2v) is 6.89. The van der Waals surface area contributed by atoms with Crippen LogP contribution in [-0.4, -0.2) is 47.8 Å². The van der Waals surface area contributed by atoms with Crippen LogP contribution in [0.15, 0.2) is 24.3 Å². The van der Waals surface area contributed by atoms with E-state index in [0.717, 1.165) is 45.4 Å².